The summed E-state index contributed by atoms with van der Waals surface area (Å²) in [7, 11) is 0. The molecule has 0 amide bonds. The third-order valence-corrected chi connectivity index (χ3v) is 2.75. The molecule has 18 heavy (non-hydrogen) atoms. The van der Waals surface area contributed by atoms with Crippen LogP contribution >= 0.6 is 0 Å². The second-order valence-electron chi connectivity index (χ2n) is 4.09. The lowest BCUT2D eigenvalue weighted by molar-refractivity contribution is 0.0526. The molecule has 0 aliphatic heterocycles. The van der Waals surface area contributed by atoms with Crippen LogP contribution in [-0.2, 0) is 11.3 Å². The molecule has 0 atom stereocenters. The van der Waals surface area contributed by atoms with Crippen LogP contribution in [0.1, 0.15) is 37.0 Å². The van der Waals surface area contributed by atoms with Gasteiger partial charge in [-0.05, 0) is 31.5 Å². The van der Waals surface area contributed by atoms with Crippen LogP contribution in [0.4, 0.5) is 0 Å². The molecule has 0 saturated heterocycles. The predicted molar refractivity (Wildman–Crippen MR) is 68.4 cm³/mol. The van der Waals surface area contributed by atoms with Crippen molar-refractivity contribution in [2.75, 3.05) is 6.61 Å². The summed E-state index contributed by atoms with van der Waals surface area (Å²) in [6.07, 6.45) is 2.18. The topological polar surface area (TPSA) is 57.0 Å². The summed E-state index contributed by atoms with van der Waals surface area (Å²) < 4.78 is 6.82. The normalized spacial score (nSPS) is 10.8. The Labute approximate surface area is 106 Å². The first-order valence-electron chi connectivity index (χ1n) is 6.26. The van der Waals surface area contributed by atoms with E-state index in [-0.39, 0.29) is 5.97 Å². The number of nitrogens with zero attached hydrogens (tertiary/aromatic N) is 3. The molecule has 96 valence electrons. The maximum atomic E-state index is 11.6. The van der Waals surface area contributed by atoms with E-state index in [9.17, 15) is 4.79 Å². The summed E-state index contributed by atoms with van der Waals surface area (Å²) in [5.74, 6) is -0.317. The largest absolute Gasteiger partial charge is 0.462 e. The number of rotatable bonds is 5. The van der Waals surface area contributed by atoms with Crippen LogP contribution < -0.4 is 0 Å². The van der Waals surface area contributed by atoms with E-state index in [2.05, 4.69) is 17.2 Å². The van der Waals surface area contributed by atoms with Crippen molar-refractivity contribution in [3.8, 4) is 0 Å². The number of hydrogen-bond acceptors (Lipinski definition) is 4. The summed E-state index contributed by atoms with van der Waals surface area (Å²) >= 11 is 0. The first-order chi connectivity index (χ1) is 8.76. The average Bonchev–Trinajstić information content (AvgIpc) is 2.79. The molecule has 1 heterocycles. The number of aromatic nitrogens is 3. The molecule has 1 aromatic carbocycles. The highest BCUT2D eigenvalue weighted by Crippen LogP contribution is 2.14. The van der Waals surface area contributed by atoms with Gasteiger partial charge in [0.15, 0.2) is 0 Å². The minimum atomic E-state index is -0.317. The predicted octanol–water partition coefficient (Wildman–Crippen LogP) is 2.41. The zero-order chi connectivity index (χ0) is 13.0. The van der Waals surface area contributed by atoms with E-state index in [4.69, 9.17) is 4.74 Å². The van der Waals surface area contributed by atoms with Crippen molar-refractivity contribution in [3.63, 3.8) is 0 Å². The molecule has 2 aromatic rings. The van der Waals surface area contributed by atoms with Crippen LogP contribution in [0.3, 0.4) is 0 Å². The molecule has 5 heteroatoms. The summed E-state index contributed by atoms with van der Waals surface area (Å²) in [5.41, 5.74) is 2.21. The van der Waals surface area contributed by atoms with Crippen molar-refractivity contribution in [2.24, 2.45) is 0 Å². The molecule has 0 bridgehead atoms. The van der Waals surface area contributed by atoms with E-state index in [1.165, 1.54) is 0 Å². The number of esters is 1. The van der Waals surface area contributed by atoms with Crippen LogP contribution in [0, 0.1) is 0 Å². The third kappa shape index (κ3) is 2.50. The number of ether oxygens (including phenoxy) is 1. The van der Waals surface area contributed by atoms with Crippen molar-refractivity contribution in [1.29, 1.82) is 0 Å². The molecule has 0 spiro atoms. The van der Waals surface area contributed by atoms with Gasteiger partial charge in [-0.15, -0.1) is 5.10 Å². The Morgan fingerprint density at radius 1 is 1.39 bits per heavy atom. The fraction of sp³-hybridized carbons (Fsp3) is 0.462. The van der Waals surface area contributed by atoms with E-state index in [0.717, 1.165) is 30.4 Å². The van der Waals surface area contributed by atoms with E-state index >= 15 is 0 Å². The van der Waals surface area contributed by atoms with Crippen LogP contribution in [0.15, 0.2) is 18.2 Å². The van der Waals surface area contributed by atoms with Crippen molar-refractivity contribution in [1.82, 2.24) is 15.0 Å². The molecule has 0 aliphatic rings. The van der Waals surface area contributed by atoms with Gasteiger partial charge in [-0.3, -0.25) is 0 Å². The zero-order valence-corrected chi connectivity index (χ0v) is 10.7. The van der Waals surface area contributed by atoms with E-state index in [1.54, 1.807) is 19.1 Å². The van der Waals surface area contributed by atoms with Gasteiger partial charge < -0.3 is 4.74 Å². The van der Waals surface area contributed by atoms with Gasteiger partial charge in [-0.1, -0.05) is 18.6 Å². The fourth-order valence-corrected chi connectivity index (χ4v) is 1.79. The number of unbranched alkanes of at least 4 members (excludes halogenated alkanes) is 1. The standard InChI is InChI=1S/C13H17N3O2/c1-3-5-8-16-12-7-6-10(13(17)18-4-2)9-11(12)14-15-16/h6-7,9H,3-5,8H2,1-2H3. The Bertz CT molecular complexity index is 548. The highest BCUT2D eigenvalue weighted by atomic mass is 16.5. The Balaban J connectivity index is 2.27. The maximum absolute atomic E-state index is 11.6. The first kappa shape index (κ1) is 12.5. The van der Waals surface area contributed by atoms with Gasteiger partial charge >= 0.3 is 5.97 Å². The van der Waals surface area contributed by atoms with E-state index < -0.39 is 0 Å². The second kappa shape index (κ2) is 5.62. The number of carbonyl (C=O) groups is 1. The third-order valence-electron chi connectivity index (χ3n) is 2.75. The van der Waals surface area contributed by atoms with E-state index in [1.807, 2.05) is 10.7 Å². The monoisotopic (exact) mass is 247 g/mol. The van der Waals surface area contributed by atoms with Gasteiger partial charge in [0.05, 0.1) is 17.7 Å². The van der Waals surface area contributed by atoms with Crippen molar-refractivity contribution in [3.05, 3.63) is 23.8 Å². The molecule has 0 N–H and O–H groups in total. The minimum absolute atomic E-state index is 0.317. The molecule has 1 aromatic heterocycles. The van der Waals surface area contributed by atoms with Gasteiger partial charge in [0.25, 0.3) is 0 Å². The Morgan fingerprint density at radius 2 is 2.22 bits per heavy atom. The lowest BCUT2D eigenvalue weighted by Gasteiger charge is -2.02. The second-order valence-corrected chi connectivity index (χ2v) is 4.09. The SMILES string of the molecule is CCCCn1nnc2cc(C(=O)OCC)ccc21. The molecule has 0 radical (unpaired) electrons. The van der Waals surface area contributed by atoms with Gasteiger partial charge in [-0.25, -0.2) is 9.48 Å². The molecule has 0 aliphatic carbocycles. The van der Waals surface area contributed by atoms with Crippen molar-refractivity contribution < 1.29 is 9.53 Å². The fourth-order valence-electron chi connectivity index (χ4n) is 1.79. The average molecular weight is 247 g/mol. The molecule has 2 rings (SSSR count). The van der Waals surface area contributed by atoms with Crippen LogP contribution in [0.2, 0.25) is 0 Å². The Morgan fingerprint density at radius 3 is 2.94 bits per heavy atom. The lowest BCUT2D eigenvalue weighted by Crippen LogP contribution is -2.04. The van der Waals surface area contributed by atoms with Gasteiger partial charge in [-0.2, -0.15) is 0 Å². The highest BCUT2D eigenvalue weighted by Gasteiger charge is 2.10. The van der Waals surface area contributed by atoms with Gasteiger partial charge in [0.2, 0.25) is 0 Å². The quantitative estimate of drug-likeness (QED) is 0.761. The van der Waals surface area contributed by atoms with Gasteiger partial charge in [0, 0.05) is 6.54 Å². The maximum Gasteiger partial charge on any atom is 0.338 e. The van der Waals surface area contributed by atoms with Crippen LogP contribution in [0.25, 0.3) is 11.0 Å². The lowest BCUT2D eigenvalue weighted by atomic mass is 10.2. The summed E-state index contributed by atoms with van der Waals surface area (Å²) in [6, 6.07) is 5.35. The van der Waals surface area contributed by atoms with Crippen LogP contribution in [-0.4, -0.2) is 27.6 Å². The summed E-state index contributed by atoms with van der Waals surface area (Å²) in [6.45, 7) is 5.15. The molecule has 0 unspecified atom stereocenters. The Hall–Kier alpha value is -1.91. The number of hydrogen-bond donors (Lipinski definition) is 0. The molecular formula is C13H17N3O2. The zero-order valence-electron chi connectivity index (χ0n) is 10.7. The van der Waals surface area contributed by atoms with Crippen molar-refractivity contribution in [2.45, 2.75) is 33.2 Å². The van der Waals surface area contributed by atoms with Crippen LogP contribution in [0.5, 0.6) is 0 Å². The van der Waals surface area contributed by atoms with E-state index in [0.29, 0.717) is 12.2 Å². The summed E-state index contributed by atoms with van der Waals surface area (Å²) in [4.78, 5) is 11.6. The molecule has 5 nitrogen and oxygen atoms in total. The molecule has 0 fully saturated rings. The number of carbonyl (C=O) groups excluding carboxylic acids is 1. The Kier molecular flexibility index (Phi) is 3.92. The number of benzene rings is 1. The molecule has 0 saturated carbocycles. The number of fused-ring (bicyclic) bond motifs is 1. The molecular weight excluding hydrogens is 230 g/mol. The highest BCUT2D eigenvalue weighted by molar-refractivity contribution is 5.93. The van der Waals surface area contributed by atoms with Crippen molar-refractivity contribution >= 4 is 17.0 Å². The summed E-state index contributed by atoms with van der Waals surface area (Å²) in [5, 5.41) is 8.17. The van der Waals surface area contributed by atoms with Gasteiger partial charge in [0.1, 0.15) is 5.52 Å². The first-order valence-corrected chi connectivity index (χ1v) is 6.26. The number of aryl methyl sites for hydroxylation is 1. The smallest absolute Gasteiger partial charge is 0.338 e. The minimum Gasteiger partial charge on any atom is -0.462 e.